The summed E-state index contributed by atoms with van der Waals surface area (Å²) in [5, 5.41) is 0. The van der Waals surface area contributed by atoms with Crippen molar-refractivity contribution in [2.45, 2.75) is 18.0 Å². The fourth-order valence-electron chi connectivity index (χ4n) is 1.27. The van der Waals surface area contributed by atoms with E-state index in [2.05, 4.69) is 15.9 Å². The summed E-state index contributed by atoms with van der Waals surface area (Å²) >= 11 is 3.36. The van der Waals surface area contributed by atoms with Crippen molar-refractivity contribution in [3.63, 3.8) is 0 Å². The Kier molecular flexibility index (Phi) is 3.06. The second kappa shape index (κ2) is 3.70. The Morgan fingerprint density at radius 3 is 2.83 bits per heavy atom. The Morgan fingerprint density at radius 1 is 1.58 bits per heavy atom. The molecule has 0 radical (unpaired) electrons. The van der Waals surface area contributed by atoms with E-state index in [-0.39, 0.29) is 6.04 Å². The summed E-state index contributed by atoms with van der Waals surface area (Å²) in [6, 6.07) is -0.175. The molecule has 0 heterocycles. The van der Waals surface area contributed by atoms with E-state index in [1.54, 1.807) is 0 Å². The van der Waals surface area contributed by atoms with Gasteiger partial charge in [-0.1, -0.05) is 34.2 Å². The molecule has 0 aromatic heterocycles. The first-order chi connectivity index (χ1) is 5.60. The third-order valence-corrected chi connectivity index (χ3v) is 2.87. The van der Waals surface area contributed by atoms with E-state index >= 15 is 0 Å². The lowest BCUT2D eigenvalue weighted by molar-refractivity contribution is 0.439. The zero-order chi connectivity index (χ0) is 9.19. The Bertz CT molecular complexity index is 224. The average molecular weight is 232 g/mol. The van der Waals surface area contributed by atoms with Gasteiger partial charge in [0.15, 0.2) is 0 Å². The topological polar surface area (TPSA) is 78.1 Å². The molecule has 6 N–H and O–H groups in total. The molecule has 0 amide bonds. The molecule has 1 aliphatic carbocycles. The van der Waals surface area contributed by atoms with Gasteiger partial charge in [-0.25, -0.2) is 0 Å². The van der Waals surface area contributed by atoms with Crippen LogP contribution in [0.1, 0.15) is 6.42 Å². The van der Waals surface area contributed by atoms with Gasteiger partial charge < -0.3 is 17.2 Å². The molecule has 4 heteroatoms. The molecule has 1 rings (SSSR count). The van der Waals surface area contributed by atoms with Crippen LogP contribution in [0.15, 0.2) is 22.7 Å². The third kappa shape index (κ3) is 1.77. The molecule has 0 saturated carbocycles. The number of halogens is 1. The fraction of sp³-hybridized carbons (Fsp3) is 0.500. The van der Waals surface area contributed by atoms with Gasteiger partial charge in [-0.05, 0) is 13.0 Å². The van der Waals surface area contributed by atoms with Crippen LogP contribution in [-0.4, -0.2) is 18.1 Å². The molecule has 68 valence electrons. The van der Waals surface area contributed by atoms with E-state index in [1.165, 1.54) is 0 Å². The molecule has 0 bridgehead atoms. The highest BCUT2D eigenvalue weighted by Gasteiger charge is 2.32. The van der Waals surface area contributed by atoms with Gasteiger partial charge in [0.05, 0.1) is 11.6 Å². The van der Waals surface area contributed by atoms with Crippen molar-refractivity contribution in [2.75, 3.05) is 6.54 Å². The second-order valence-electron chi connectivity index (χ2n) is 3.04. The van der Waals surface area contributed by atoms with E-state index < -0.39 is 5.54 Å². The van der Waals surface area contributed by atoms with Gasteiger partial charge in [0.25, 0.3) is 0 Å². The van der Waals surface area contributed by atoms with Gasteiger partial charge in [0.2, 0.25) is 0 Å². The third-order valence-electron chi connectivity index (χ3n) is 2.12. The average Bonchev–Trinajstić information content (AvgIpc) is 2.01. The Balaban J connectivity index is 2.80. The maximum atomic E-state index is 6.04. The van der Waals surface area contributed by atoms with Crippen molar-refractivity contribution >= 4 is 15.9 Å². The molecule has 0 aromatic carbocycles. The number of rotatable bonds is 2. The molecule has 0 aliphatic heterocycles. The number of allylic oxidation sites excluding steroid dienone is 2. The van der Waals surface area contributed by atoms with E-state index in [0.29, 0.717) is 13.0 Å². The van der Waals surface area contributed by atoms with Crippen LogP contribution in [0.4, 0.5) is 0 Å². The summed E-state index contributed by atoms with van der Waals surface area (Å²) in [5.41, 5.74) is 16.9. The van der Waals surface area contributed by atoms with Gasteiger partial charge in [-0.3, -0.25) is 0 Å². The minimum Gasteiger partial charge on any atom is -0.330 e. The molecule has 0 spiro atoms. The lowest BCUT2D eigenvalue weighted by Crippen LogP contribution is -2.55. The van der Waals surface area contributed by atoms with E-state index in [1.807, 2.05) is 18.2 Å². The SMILES string of the molecule is NCCC1(N)C=CC=C(Br)C1N. The van der Waals surface area contributed by atoms with Crippen LogP contribution in [-0.2, 0) is 0 Å². The normalized spacial score (nSPS) is 35.0. The van der Waals surface area contributed by atoms with Crippen LogP contribution in [0, 0.1) is 0 Å². The standard InChI is InChI=1S/C8H14BrN3/c9-6-2-1-3-8(12,4-5-10)7(6)11/h1-3,7H,4-5,10-12H2. The van der Waals surface area contributed by atoms with Gasteiger partial charge >= 0.3 is 0 Å². The van der Waals surface area contributed by atoms with Gasteiger partial charge in [0, 0.05) is 4.48 Å². The highest BCUT2D eigenvalue weighted by Crippen LogP contribution is 2.25. The summed E-state index contributed by atoms with van der Waals surface area (Å²) in [7, 11) is 0. The van der Waals surface area contributed by atoms with Crippen LogP contribution >= 0.6 is 15.9 Å². The van der Waals surface area contributed by atoms with Crippen LogP contribution < -0.4 is 17.2 Å². The van der Waals surface area contributed by atoms with Crippen molar-refractivity contribution in [2.24, 2.45) is 17.2 Å². The zero-order valence-electron chi connectivity index (χ0n) is 6.83. The summed E-state index contributed by atoms with van der Waals surface area (Å²) in [6.45, 7) is 0.550. The molecule has 3 nitrogen and oxygen atoms in total. The first-order valence-electron chi connectivity index (χ1n) is 3.89. The number of hydrogen-bond acceptors (Lipinski definition) is 3. The van der Waals surface area contributed by atoms with Crippen LogP contribution in [0.5, 0.6) is 0 Å². The maximum absolute atomic E-state index is 6.04. The quantitative estimate of drug-likeness (QED) is 0.636. The molecule has 0 fully saturated rings. The molecule has 0 aromatic rings. The molecule has 2 unspecified atom stereocenters. The van der Waals surface area contributed by atoms with Crippen molar-refractivity contribution in [3.8, 4) is 0 Å². The summed E-state index contributed by atoms with van der Waals surface area (Å²) in [5.74, 6) is 0. The largest absolute Gasteiger partial charge is 0.330 e. The van der Waals surface area contributed by atoms with Crippen LogP contribution in [0.25, 0.3) is 0 Å². The highest BCUT2D eigenvalue weighted by atomic mass is 79.9. The van der Waals surface area contributed by atoms with Gasteiger partial charge in [0.1, 0.15) is 0 Å². The Morgan fingerprint density at radius 2 is 2.25 bits per heavy atom. The van der Waals surface area contributed by atoms with Gasteiger partial charge in [-0.15, -0.1) is 0 Å². The van der Waals surface area contributed by atoms with Crippen molar-refractivity contribution in [1.29, 1.82) is 0 Å². The molecule has 1 aliphatic rings. The predicted molar refractivity (Wildman–Crippen MR) is 54.7 cm³/mol. The lowest BCUT2D eigenvalue weighted by Gasteiger charge is -2.34. The summed E-state index contributed by atoms with van der Waals surface area (Å²) in [4.78, 5) is 0. The Hall–Kier alpha value is -0.160. The minimum absolute atomic E-state index is 0.175. The van der Waals surface area contributed by atoms with Crippen LogP contribution in [0.3, 0.4) is 0 Å². The minimum atomic E-state index is -0.484. The zero-order valence-corrected chi connectivity index (χ0v) is 8.42. The summed E-state index contributed by atoms with van der Waals surface area (Å²) < 4.78 is 0.931. The van der Waals surface area contributed by atoms with Crippen molar-refractivity contribution < 1.29 is 0 Å². The predicted octanol–water partition coefficient (Wildman–Crippen LogP) is 0.209. The smallest absolute Gasteiger partial charge is 0.0581 e. The number of hydrogen-bond donors (Lipinski definition) is 3. The molecule has 12 heavy (non-hydrogen) atoms. The molecular weight excluding hydrogens is 218 g/mol. The molecule has 0 saturated heterocycles. The maximum Gasteiger partial charge on any atom is 0.0581 e. The van der Waals surface area contributed by atoms with Gasteiger partial charge in [-0.2, -0.15) is 0 Å². The van der Waals surface area contributed by atoms with E-state index in [0.717, 1.165) is 4.48 Å². The lowest BCUT2D eigenvalue weighted by atomic mass is 9.85. The number of nitrogens with two attached hydrogens (primary N) is 3. The molecule has 2 atom stereocenters. The van der Waals surface area contributed by atoms with Crippen LogP contribution in [0.2, 0.25) is 0 Å². The summed E-state index contributed by atoms with van der Waals surface area (Å²) in [6.07, 6.45) is 6.43. The van der Waals surface area contributed by atoms with E-state index in [9.17, 15) is 0 Å². The van der Waals surface area contributed by atoms with E-state index in [4.69, 9.17) is 17.2 Å². The first kappa shape index (κ1) is 9.92. The molecular formula is C8H14BrN3. The first-order valence-corrected chi connectivity index (χ1v) is 4.69. The van der Waals surface area contributed by atoms with Crippen molar-refractivity contribution in [3.05, 3.63) is 22.7 Å². The highest BCUT2D eigenvalue weighted by molar-refractivity contribution is 9.11. The van der Waals surface area contributed by atoms with Crippen molar-refractivity contribution in [1.82, 2.24) is 0 Å². The monoisotopic (exact) mass is 231 g/mol. The Labute approximate surface area is 80.8 Å². The fourth-order valence-corrected chi connectivity index (χ4v) is 1.85. The second-order valence-corrected chi connectivity index (χ2v) is 3.96.